The Morgan fingerprint density at radius 3 is 3.00 bits per heavy atom. The molecule has 7 heteroatoms. The number of hydrogen-bond acceptors (Lipinski definition) is 4. The fourth-order valence-corrected chi connectivity index (χ4v) is 4.09. The van der Waals surface area contributed by atoms with Crippen molar-refractivity contribution >= 4 is 33.2 Å². The maximum Gasteiger partial charge on any atom is 0.263 e. The minimum atomic E-state index is -0.682. The highest BCUT2D eigenvalue weighted by molar-refractivity contribution is 9.10. The van der Waals surface area contributed by atoms with Crippen LogP contribution in [0.4, 0.5) is 4.39 Å². The van der Waals surface area contributed by atoms with Crippen LogP contribution in [-0.4, -0.2) is 36.2 Å². The lowest BCUT2D eigenvalue weighted by Crippen LogP contribution is -2.43. The molecule has 0 bridgehead atoms. The fraction of sp³-hybridized carbons (Fsp3) is 0.421. The van der Waals surface area contributed by atoms with E-state index in [1.807, 2.05) is 17.5 Å². The van der Waals surface area contributed by atoms with Crippen molar-refractivity contribution in [1.82, 2.24) is 4.90 Å². The third kappa shape index (κ3) is 5.05. The zero-order valence-corrected chi connectivity index (χ0v) is 16.9. The summed E-state index contributed by atoms with van der Waals surface area (Å²) in [4.78, 5) is 15.9. The summed E-state index contributed by atoms with van der Waals surface area (Å²) in [5.74, 6) is -0.0218. The van der Waals surface area contributed by atoms with E-state index >= 15 is 0 Å². The molecule has 0 N–H and O–H groups in total. The van der Waals surface area contributed by atoms with Gasteiger partial charge in [-0.25, -0.2) is 4.39 Å². The second-order valence-corrected chi connectivity index (χ2v) is 8.15. The molecule has 140 valence electrons. The van der Waals surface area contributed by atoms with Gasteiger partial charge in [0.2, 0.25) is 0 Å². The second-order valence-electron chi connectivity index (χ2n) is 6.27. The third-order valence-corrected chi connectivity index (χ3v) is 5.71. The van der Waals surface area contributed by atoms with E-state index in [4.69, 9.17) is 9.47 Å². The van der Waals surface area contributed by atoms with Crippen LogP contribution in [0, 0.1) is 5.82 Å². The van der Waals surface area contributed by atoms with E-state index in [0.29, 0.717) is 23.3 Å². The Bertz CT molecular complexity index is 734. The highest BCUT2D eigenvalue weighted by Crippen LogP contribution is 2.27. The Hall–Kier alpha value is -1.44. The first kappa shape index (κ1) is 19.3. The van der Waals surface area contributed by atoms with Gasteiger partial charge in [-0.3, -0.25) is 4.79 Å². The first-order valence-corrected chi connectivity index (χ1v) is 10.2. The second kappa shape index (κ2) is 8.97. The van der Waals surface area contributed by atoms with Crippen LogP contribution in [0.25, 0.3) is 0 Å². The maximum atomic E-state index is 13.2. The van der Waals surface area contributed by atoms with Gasteiger partial charge in [-0.2, -0.15) is 0 Å². The van der Waals surface area contributed by atoms with Crippen molar-refractivity contribution < 1.29 is 18.7 Å². The lowest BCUT2D eigenvalue weighted by Gasteiger charge is -2.28. The van der Waals surface area contributed by atoms with Crippen LogP contribution < -0.4 is 4.74 Å². The zero-order valence-electron chi connectivity index (χ0n) is 14.5. The molecule has 26 heavy (non-hydrogen) atoms. The van der Waals surface area contributed by atoms with Crippen LogP contribution >= 0.6 is 27.3 Å². The Morgan fingerprint density at radius 1 is 1.50 bits per heavy atom. The Kier molecular flexibility index (Phi) is 6.67. The van der Waals surface area contributed by atoms with Gasteiger partial charge in [-0.15, -0.1) is 11.3 Å². The first-order valence-electron chi connectivity index (χ1n) is 8.57. The highest BCUT2D eigenvalue weighted by Gasteiger charge is 2.27. The molecule has 1 aromatic carbocycles. The van der Waals surface area contributed by atoms with Crippen LogP contribution in [0.5, 0.6) is 5.75 Å². The Balaban J connectivity index is 1.69. The molecule has 2 heterocycles. The minimum absolute atomic E-state index is 0.0728. The van der Waals surface area contributed by atoms with Crippen molar-refractivity contribution in [3.8, 4) is 5.75 Å². The lowest BCUT2D eigenvalue weighted by atomic mass is 10.2. The molecule has 2 aromatic rings. The van der Waals surface area contributed by atoms with E-state index in [2.05, 4.69) is 15.9 Å². The monoisotopic (exact) mass is 441 g/mol. The van der Waals surface area contributed by atoms with Crippen molar-refractivity contribution in [3.63, 3.8) is 0 Å². The summed E-state index contributed by atoms with van der Waals surface area (Å²) >= 11 is 4.89. The number of thiophene rings is 1. The number of benzene rings is 1. The van der Waals surface area contributed by atoms with Gasteiger partial charge in [0.25, 0.3) is 5.91 Å². The predicted molar refractivity (Wildman–Crippen MR) is 103 cm³/mol. The van der Waals surface area contributed by atoms with Crippen molar-refractivity contribution in [2.24, 2.45) is 0 Å². The summed E-state index contributed by atoms with van der Waals surface area (Å²) in [5, 5.41) is 2.00. The first-order chi connectivity index (χ1) is 12.5. The number of hydrogen-bond donors (Lipinski definition) is 0. The van der Waals surface area contributed by atoms with Gasteiger partial charge in [0.05, 0.1) is 17.1 Å². The third-order valence-electron chi connectivity index (χ3n) is 4.23. The van der Waals surface area contributed by atoms with Crippen LogP contribution in [0.1, 0.15) is 24.6 Å². The number of carbonyl (C=O) groups is 1. The molecule has 2 unspecified atom stereocenters. The van der Waals surface area contributed by atoms with Gasteiger partial charge in [0, 0.05) is 18.0 Å². The van der Waals surface area contributed by atoms with E-state index in [0.717, 1.165) is 24.3 Å². The topological polar surface area (TPSA) is 38.8 Å². The van der Waals surface area contributed by atoms with E-state index in [1.54, 1.807) is 23.2 Å². The molecule has 3 rings (SSSR count). The molecule has 1 amide bonds. The summed E-state index contributed by atoms with van der Waals surface area (Å²) in [5.41, 5.74) is 0. The average Bonchev–Trinajstić information content (AvgIpc) is 3.30. The van der Waals surface area contributed by atoms with Gasteiger partial charge < -0.3 is 14.4 Å². The van der Waals surface area contributed by atoms with Crippen molar-refractivity contribution in [2.45, 2.75) is 38.5 Å². The van der Waals surface area contributed by atoms with Gasteiger partial charge in [0.1, 0.15) is 11.6 Å². The number of carbonyl (C=O) groups excluding carboxylic acids is 1. The largest absolute Gasteiger partial charge is 0.480 e. The maximum absolute atomic E-state index is 13.2. The molecular formula is C19H21BrFNO3S. The number of nitrogens with zero attached hydrogens (tertiary/aromatic N) is 1. The molecule has 1 saturated heterocycles. The normalized spacial score (nSPS) is 17.9. The molecule has 2 atom stereocenters. The van der Waals surface area contributed by atoms with Crippen molar-refractivity contribution in [3.05, 3.63) is 50.9 Å². The summed E-state index contributed by atoms with van der Waals surface area (Å²) in [6, 6.07) is 8.15. The molecule has 4 nitrogen and oxygen atoms in total. The van der Waals surface area contributed by atoms with Gasteiger partial charge in [0.15, 0.2) is 6.10 Å². The van der Waals surface area contributed by atoms with Crippen molar-refractivity contribution in [2.75, 3.05) is 13.2 Å². The molecule has 1 aliphatic rings. The molecule has 0 saturated carbocycles. The van der Waals surface area contributed by atoms with E-state index < -0.39 is 6.10 Å². The summed E-state index contributed by atoms with van der Waals surface area (Å²) in [6.45, 7) is 3.55. The highest BCUT2D eigenvalue weighted by atomic mass is 79.9. The molecule has 0 spiro atoms. The SMILES string of the molecule is CC(Oc1ccc(F)cc1Br)C(=O)N(Cc1cccs1)CC1CCCO1. The minimum Gasteiger partial charge on any atom is -0.480 e. The lowest BCUT2D eigenvalue weighted by molar-refractivity contribution is -0.140. The van der Waals surface area contributed by atoms with E-state index in [9.17, 15) is 9.18 Å². The number of rotatable bonds is 7. The zero-order chi connectivity index (χ0) is 18.5. The Labute approximate surface area is 165 Å². The quantitative estimate of drug-likeness (QED) is 0.628. The predicted octanol–water partition coefficient (Wildman–Crippen LogP) is 4.62. The smallest absolute Gasteiger partial charge is 0.263 e. The van der Waals surface area contributed by atoms with Crippen LogP contribution in [0.2, 0.25) is 0 Å². The molecule has 1 aromatic heterocycles. The van der Waals surface area contributed by atoms with Crippen LogP contribution in [0.15, 0.2) is 40.2 Å². The summed E-state index contributed by atoms with van der Waals surface area (Å²) in [7, 11) is 0. The fourth-order valence-electron chi connectivity index (χ4n) is 2.93. The number of amides is 1. The summed E-state index contributed by atoms with van der Waals surface area (Å²) < 4.78 is 25.2. The van der Waals surface area contributed by atoms with Crippen molar-refractivity contribution in [1.29, 1.82) is 0 Å². The summed E-state index contributed by atoms with van der Waals surface area (Å²) in [6.07, 6.45) is 1.38. The number of ether oxygens (including phenoxy) is 2. The molecule has 1 aliphatic heterocycles. The van der Waals surface area contributed by atoms with E-state index in [-0.39, 0.29) is 17.8 Å². The molecular weight excluding hydrogens is 421 g/mol. The van der Waals surface area contributed by atoms with Crippen LogP contribution in [0.3, 0.4) is 0 Å². The molecule has 1 fully saturated rings. The van der Waals surface area contributed by atoms with E-state index in [1.165, 1.54) is 18.2 Å². The van der Waals surface area contributed by atoms with Crippen LogP contribution in [-0.2, 0) is 16.1 Å². The Morgan fingerprint density at radius 2 is 2.35 bits per heavy atom. The molecule has 0 radical (unpaired) electrons. The van der Waals surface area contributed by atoms with Gasteiger partial charge >= 0.3 is 0 Å². The average molecular weight is 442 g/mol. The standard InChI is InChI=1S/C19H21BrFNO3S/c1-13(25-18-7-6-14(21)10-17(18)20)19(23)22(11-15-4-2-8-24-15)12-16-5-3-9-26-16/h3,5-7,9-10,13,15H,2,4,8,11-12H2,1H3. The number of halogens is 2. The molecule has 0 aliphatic carbocycles. The van der Waals surface area contributed by atoms with Gasteiger partial charge in [-0.05, 0) is 65.3 Å². The van der Waals surface area contributed by atoms with Gasteiger partial charge in [-0.1, -0.05) is 6.07 Å².